The molecule has 4 rings (SSSR count). The number of pyridine rings is 1. The fourth-order valence-electron chi connectivity index (χ4n) is 4.79. The molecule has 0 saturated carbocycles. The minimum Gasteiger partial charge on any atom is -0.383 e. The molecule has 3 heterocycles. The first kappa shape index (κ1) is 16.7. The fourth-order valence-corrected chi connectivity index (χ4v) is 4.79. The number of nitrogens with zero attached hydrogens (tertiary/aromatic N) is 2. The summed E-state index contributed by atoms with van der Waals surface area (Å²) < 4.78 is 13.4. The van der Waals surface area contributed by atoms with Crippen LogP contribution in [0, 0.1) is 12.7 Å². The van der Waals surface area contributed by atoms with Gasteiger partial charge in [-0.15, -0.1) is 0 Å². The van der Waals surface area contributed by atoms with Gasteiger partial charge in [0, 0.05) is 18.6 Å². The minimum atomic E-state index is -0.944. The van der Waals surface area contributed by atoms with Crippen molar-refractivity contribution in [2.45, 2.75) is 63.3 Å². The average Bonchev–Trinajstić information content (AvgIpc) is 2.57. The fraction of sp³-hybridized carbons (Fsp3) is 0.476. The lowest BCUT2D eigenvalue weighted by molar-refractivity contribution is -0.102. The van der Waals surface area contributed by atoms with Crippen molar-refractivity contribution in [2.24, 2.45) is 0 Å². The molecule has 2 atom stereocenters. The molecule has 0 aliphatic carbocycles. The second-order valence-electron chi connectivity index (χ2n) is 7.66. The Morgan fingerprint density at radius 3 is 2.52 bits per heavy atom. The van der Waals surface area contributed by atoms with E-state index in [1.807, 2.05) is 13.0 Å². The van der Waals surface area contributed by atoms with Crippen LogP contribution in [0.2, 0.25) is 0 Å². The molecule has 1 aromatic carbocycles. The predicted molar refractivity (Wildman–Crippen MR) is 95.5 cm³/mol. The van der Waals surface area contributed by atoms with Crippen molar-refractivity contribution in [2.75, 3.05) is 0 Å². The number of aromatic nitrogens is 1. The monoisotopic (exact) mass is 340 g/mol. The van der Waals surface area contributed by atoms with E-state index in [4.69, 9.17) is 0 Å². The molecule has 0 spiro atoms. The molecule has 2 aliphatic rings. The first-order chi connectivity index (χ1) is 12.0. The summed E-state index contributed by atoms with van der Waals surface area (Å²) in [6.07, 6.45) is 6.00. The van der Waals surface area contributed by atoms with Gasteiger partial charge in [0.1, 0.15) is 11.4 Å². The van der Waals surface area contributed by atoms with Crippen molar-refractivity contribution in [1.82, 2.24) is 9.88 Å². The van der Waals surface area contributed by atoms with Gasteiger partial charge in [0.2, 0.25) is 0 Å². The van der Waals surface area contributed by atoms with Gasteiger partial charge in [0.05, 0.1) is 11.9 Å². The second-order valence-corrected chi connectivity index (χ2v) is 7.66. The van der Waals surface area contributed by atoms with Gasteiger partial charge in [-0.1, -0.05) is 36.8 Å². The van der Waals surface area contributed by atoms with Crippen LogP contribution in [0.5, 0.6) is 0 Å². The first-order valence-electron chi connectivity index (χ1n) is 9.20. The van der Waals surface area contributed by atoms with Gasteiger partial charge in [-0.3, -0.25) is 9.88 Å². The van der Waals surface area contributed by atoms with Gasteiger partial charge in [-0.05, 0) is 49.8 Å². The summed E-state index contributed by atoms with van der Waals surface area (Å²) in [5.74, 6) is -0.341. The maximum absolute atomic E-state index is 13.4. The first-order valence-corrected chi connectivity index (χ1v) is 9.20. The zero-order chi connectivity index (χ0) is 17.4. The third-order valence-corrected chi connectivity index (χ3v) is 5.85. The summed E-state index contributed by atoms with van der Waals surface area (Å²) >= 11 is 0. The lowest BCUT2D eigenvalue weighted by Crippen LogP contribution is -2.56. The Morgan fingerprint density at radius 2 is 1.88 bits per heavy atom. The molecule has 1 aromatic heterocycles. The SMILES string of the molecule is Cc1cc(F)cnc1C1(O)CC2CCCC(C1)N2Cc1ccccc1. The molecule has 2 aliphatic heterocycles. The van der Waals surface area contributed by atoms with E-state index < -0.39 is 5.60 Å². The van der Waals surface area contributed by atoms with Crippen LogP contribution in [0.4, 0.5) is 4.39 Å². The molecule has 2 bridgehead atoms. The van der Waals surface area contributed by atoms with Gasteiger partial charge in [-0.25, -0.2) is 4.39 Å². The molecule has 2 fully saturated rings. The van der Waals surface area contributed by atoms with E-state index >= 15 is 0 Å². The van der Waals surface area contributed by atoms with E-state index in [0.29, 0.717) is 30.6 Å². The predicted octanol–water partition coefficient (Wildman–Crippen LogP) is 3.93. The zero-order valence-corrected chi connectivity index (χ0v) is 14.7. The number of fused-ring (bicyclic) bond motifs is 2. The van der Waals surface area contributed by atoms with E-state index in [-0.39, 0.29) is 5.82 Å². The third kappa shape index (κ3) is 3.21. The highest BCUT2D eigenvalue weighted by Crippen LogP contribution is 2.45. The van der Waals surface area contributed by atoms with E-state index in [1.54, 1.807) is 0 Å². The van der Waals surface area contributed by atoms with Crippen molar-refractivity contribution in [3.8, 4) is 0 Å². The van der Waals surface area contributed by atoms with Crippen LogP contribution in [-0.4, -0.2) is 27.1 Å². The maximum Gasteiger partial charge on any atom is 0.141 e. The molecule has 2 unspecified atom stereocenters. The smallest absolute Gasteiger partial charge is 0.141 e. The molecular formula is C21H25FN2O. The van der Waals surface area contributed by atoms with E-state index in [9.17, 15) is 9.50 Å². The highest BCUT2D eigenvalue weighted by molar-refractivity contribution is 5.27. The summed E-state index contributed by atoms with van der Waals surface area (Å²) in [4.78, 5) is 6.83. The van der Waals surface area contributed by atoms with Gasteiger partial charge in [0.15, 0.2) is 0 Å². The van der Waals surface area contributed by atoms with Crippen LogP contribution >= 0.6 is 0 Å². The Kier molecular flexibility index (Phi) is 4.34. The molecule has 132 valence electrons. The van der Waals surface area contributed by atoms with E-state index in [0.717, 1.165) is 24.9 Å². The number of rotatable bonds is 3. The maximum atomic E-state index is 13.4. The Morgan fingerprint density at radius 1 is 1.20 bits per heavy atom. The van der Waals surface area contributed by atoms with Crippen molar-refractivity contribution in [3.05, 3.63) is 65.2 Å². The van der Waals surface area contributed by atoms with Gasteiger partial charge >= 0.3 is 0 Å². The Bertz CT molecular complexity index is 735. The number of halogens is 1. The topological polar surface area (TPSA) is 36.4 Å². The summed E-state index contributed by atoms with van der Waals surface area (Å²) in [5, 5.41) is 11.4. The van der Waals surface area contributed by atoms with Crippen LogP contribution in [-0.2, 0) is 12.1 Å². The number of hydrogen-bond acceptors (Lipinski definition) is 3. The summed E-state index contributed by atoms with van der Waals surface area (Å²) in [7, 11) is 0. The summed E-state index contributed by atoms with van der Waals surface area (Å²) in [6, 6.07) is 12.7. The van der Waals surface area contributed by atoms with Gasteiger partial charge in [0.25, 0.3) is 0 Å². The Hall–Kier alpha value is -1.78. The highest BCUT2D eigenvalue weighted by atomic mass is 19.1. The van der Waals surface area contributed by atoms with Crippen LogP contribution in [0.3, 0.4) is 0 Å². The van der Waals surface area contributed by atoms with Crippen LogP contribution in [0.15, 0.2) is 42.6 Å². The summed E-state index contributed by atoms with van der Waals surface area (Å²) in [5.41, 5.74) is 1.78. The molecule has 4 heteroatoms. The van der Waals surface area contributed by atoms with Gasteiger partial charge in [-0.2, -0.15) is 0 Å². The Balaban J connectivity index is 1.60. The van der Waals surface area contributed by atoms with Crippen LogP contribution in [0.1, 0.15) is 48.9 Å². The number of aryl methyl sites for hydroxylation is 1. The van der Waals surface area contributed by atoms with E-state index in [1.165, 1.54) is 24.2 Å². The standard InChI is InChI=1S/C21H25FN2O/c1-15-10-17(22)13-23-20(15)21(25)11-18-8-5-9-19(12-21)24(18)14-16-6-3-2-4-7-16/h2-4,6-7,10,13,18-19,25H,5,8-9,11-12,14H2,1H3. The molecule has 0 radical (unpaired) electrons. The molecule has 2 aromatic rings. The molecule has 0 amide bonds. The number of hydrogen-bond donors (Lipinski definition) is 1. The molecule has 3 nitrogen and oxygen atoms in total. The second kappa shape index (κ2) is 6.50. The zero-order valence-electron chi connectivity index (χ0n) is 14.7. The molecular weight excluding hydrogens is 315 g/mol. The lowest BCUT2D eigenvalue weighted by atomic mass is 9.73. The van der Waals surface area contributed by atoms with E-state index in [2.05, 4.69) is 34.1 Å². The largest absolute Gasteiger partial charge is 0.383 e. The quantitative estimate of drug-likeness (QED) is 0.919. The minimum absolute atomic E-state index is 0.341. The molecule has 1 N–H and O–H groups in total. The molecule has 25 heavy (non-hydrogen) atoms. The van der Waals surface area contributed by atoms with Crippen LogP contribution < -0.4 is 0 Å². The van der Waals surface area contributed by atoms with Crippen molar-refractivity contribution >= 4 is 0 Å². The Labute approximate surface area is 148 Å². The number of aliphatic hydroxyl groups is 1. The van der Waals surface area contributed by atoms with Gasteiger partial charge < -0.3 is 5.11 Å². The number of piperidine rings is 2. The lowest BCUT2D eigenvalue weighted by Gasteiger charge is -2.52. The third-order valence-electron chi connectivity index (χ3n) is 5.85. The normalized spacial score (nSPS) is 29.6. The summed E-state index contributed by atoms with van der Waals surface area (Å²) in [6.45, 7) is 2.78. The average molecular weight is 340 g/mol. The number of benzene rings is 1. The van der Waals surface area contributed by atoms with Crippen molar-refractivity contribution < 1.29 is 9.50 Å². The van der Waals surface area contributed by atoms with Crippen molar-refractivity contribution in [3.63, 3.8) is 0 Å². The van der Waals surface area contributed by atoms with Crippen LogP contribution in [0.25, 0.3) is 0 Å². The molecule has 2 saturated heterocycles. The highest BCUT2D eigenvalue weighted by Gasteiger charge is 2.47. The van der Waals surface area contributed by atoms with Crippen molar-refractivity contribution in [1.29, 1.82) is 0 Å².